The summed E-state index contributed by atoms with van der Waals surface area (Å²) in [5, 5.41) is -0.509. The normalized spacial score (nSPS) is 9.60. The molecular formula is C14H10NO5+. The molecule has 0 fully saturated rings. The van der Waals surface area contributed by atoms with Crippen molar-refractivity contribution in [2.45, 2.75) is 0 Å². The number of nitrogens with zero attached hydrogens (tertiary/aromatic N) is 1. The first kappa shape index (κ1) is 13.4. The van der Waals surface area contributed by atoms with Gasteiger partial charge < -0.3 is 0 Å². The molecule has 0 aliphatic carbocycles. The molecule has 0 aromatic heterocycles. The van der Waals surface area contributed by atoms with E-state index in [1.807, 2.05) is 0 Å². The van der Waals surface area contributed by atoms with Crippen LogP contribution in [0.2, 0.25) is 0 Å². The smallest absolute Gasteiger partial charge is 0.238 e. The summed E-state index contributed by atoms with van der Waals surface area (Å²) in [6, 6.07) is 15.7. The van der Waals surface area contributed by atoms with Crippen molar-refractivity contribution < 1.29 is 24.4 Å². The molecule has 20 heavy (non-hydrogen) atoms. The van der Waals surface area contributed by atoms with Crippen LogP contribution >= 0.6 is 0 Å². The third kappa shape index (κ3) is 3.49. The largest absolute Gasteiger partial charge is 0.495 e. The van der Waals surface area contributed by atoms with Gasteiger partial charge >= 0.3 is 17.0 Å². The highest BCUT2D eigenvalue weighted by Gasteiger charge is 2.26. The van der Waals surface area contributed by atoms with Gasteiger partial charge in [0.2, 0.25) is 0 Å². The third-order valence-corrected chi connectivity index (χ3v) is 2.33. The molecule has 0 heterocycles. The van der Waals surface area contributed by atoms with Crippen molar-refractivity contribution in [3.63, 3.8) is 0 Å². The topological polar surface area (TPSA) is 72.7 Å². The van der Waals surface area contributed by atoms with Crippen molar-refractivity contribution in [1.29, 1.82) is 0 Å². The lowest BCUT2D eigenvalue weighted by molar-refractivity contribution is -0.943. The Morgan fingerprint density at radius 1 is 0.700 bits per heavy atom. The molecule has 0 saturated carbocycles. The maximum Gasteiger partial charge on any atom is 0.495 e. The van der Waals surface area contributed by atoms with Crippen LogP contribution in [0.25, 0.3) is 0 Å². The first-order valence-electron chi connectivity index (χ1n) is 5.69. The van der Waals surface area contributed by atoms with Gasteiger partial charge in [0.25, 0.3) is 0 Å². The molecule has 0 unspecified atom stereocenters. The summed E-state index contributed by atoms with van der Waals surface area (Å²) in [5.74, 6) is -1.83. The van der Waals surface area contributed by atoms with Gasteiger partial charge in [-0.3, -0.25) is 0 Å². The summed E-state index contributed by atoms with van der Waals surface area (Å²) in [6.45, 7) is 0. The predicted molar refractivity (Wildman–Crippen MR) is 67.3 cm³/mol. The van der Waals surface area contributed by atoms with Crippen molar-refractivity contribution in [3.05, 3.63) is 76.7 Å². The van der Waals surface area contributed by atoms with Gasteiger partial charge in [0.05, 0.1) is 11.1 Å². The lowest BCUT2D eigenvalue weighted by Crippen LogP contribution is -2.20. The molecule has 0 saturated heterocycles. The monoisotopic (exact) mass is 272 g/mol. The van der Waals surface area contributed by atoms with E-state index in [1.54, 1.807) is 36.4 Å². The van der Waals surface area contributed by atoms with Gasteiger partial charge in [0, 0.05) is 0 Å². The van der Waals surface area contributed by atoms with Crippen molar-refractivity contribution in [2.75, 3.05) is 0 Å². The molecule has 2 aromatic carbocycles. The fourth-order valence-corrected chi connectivity index (χ4v) is 1.41. The van der Waals surface area contributed by atoms with Gasteiger partial charge in [-0.2, -0.15) is 0 Å². The molecule has 0 radical (unpaired) electrons. The van der Waals surface area contributed by atoms with Gasteiger partial charge in [-0.05, 0) is 24.3 Å². The van der Waals surface area contributed by atoms with E-state index in [0.717, 1.165) is 0 Å². The Morgan fingerprint density at radius 3 is 1.40 bits per heavy atom. The Labute approximate surface area is 114 Å². The molecule has 0 N–H and O–H groups in total. The molecule has 2 aromatic rings. The standard InChI is InChI=1S/C14H10NO5/c16-13(11-7-3-1-4-8-11)19-15(18)20-14(17)12-9-5-2-6-10-12/h1-10H/q+1. The highest BCUT2D eigenvalue weighted by Crippen LogP contribution is 2.04. The summed E-state index contributed by atoms with van der Waals surface area (Å²) in [6.07, 6.45) is 0. The molecule has 0 aliphatic rings. The van der Waals surface area contributed by atoms with Crippen LogP contribution in [0.15, 0.2) is 60.7 Å². The zero-order valence-corrected chi connectivity index (χ0v) is 10.3. The van der Waals surface area contributed by atoms with E-state index in [9.17, 15) is 14.5 Å². The highest BCUT2D eigenvalue weighted by molar-refractivity contribution is 5.89. The molecule has 6 heteroatoms. The summed E-state index contributed by atoms with van der Waals surface area (Å²) < 4.78 is 0. The van der Waals surface area contributed by atoms with Gasteiger partial charge in [-0.25, -0.2) is 9.59 Å². The lowest BCUT2D eigenvalue weighted by atomic mass is 10.2. The molecule has 6 nitrogen and oxygen atoms in total. The minimum Gasteiger partial charge on any atom is -0.238 e. The number of rotatable bonds is 4. The van der Waals surface area contributed by atoms with Crippen molar-refractivity contribution in [3.8, 4) is 0 Å². The second-order valence-corrected chi connectivity index (χ2v) is 3.71. The van der Waals surface area contributed by atoms with E-state index in [4.69, 9.17) is 0 Å². The van der Waals surface area contributed by atoms with E-state index >= 15 is 0 Å². The second kappa shape index (κ2) is 6.24. The number of carbonyl (C=O) groups is 2. The first-order valence-corrected chi connectivity index (χ1v) is 5.69. The van der Waals surface area contributed by atoms with Gasteiger partial charge in [-0.1, -0.05) is 46.1 Å². The fourth-order valence-electron chi connectivity index (χ4n) is 1.41. The predicted octanol–water partition coefficient (Wildman–Crippen LogP) is 2.31. The number of hydrogen-bond acceptors (Lipinski definition) is 5. The summed E-state index contributed by atoms with van der Waals surface area (Å²) in [5.41, 5.74) is 0.341. The van der Waals surface area contributed by atoms with Crippen molar-refractivity contribution in [1.82, 2.24) is 0 Å². The quantitative estimate of drug-likeness (QED) is 0.798. The first-order chi connectivity index (χ1) is 9.66. The van der Waals surface area contributed by atoms with Crippen LogP contribution < -0.4 is 0 Å². The number of benzene rings is 2. The van der Waals surface area contributed by atoms with Gasteiger partial charge in [-0.15, -0.1) is 0 Å². The average Bonchev–Trinajstić information content (AvgIpc) is 2.49. The Bertz CT molecular complexity index is 569. The maximum absolute atomic E-state index is 11.5. The zero-order chi connectivity index (χ0) is 14.4. The van der Waals surface area contributed by atoms with E-state index in [0.29, 0.717) is 0 Å². The van der Waals surface area contributed by atoms with E-state index in [-0.39, 0.29) is 11.1 Å². The van der Waals surface area contributed by atoms with E-state index in [2.05, 4.69) is 9.68 Å². The molecule has 0 spiro atoms. The molecular weight excluding hydrogens is 262 g/mol. The average molecular weight is 272 g/mol. The molecule has 2 rings (SSSR count). The van der Waals surface area contributed by atoms with Crippen LogP contribution in [0.4, 0.5) is 0 Å². The zero-order valence-electron chi connectivity index (χ0n) is 10.3. The molecule has 0 amide bonds. The Kier molecular flexibility index (Phi) is 4.18. The van der Waals surface area contributed by atoms with Crippen LogP contribution in [0.5, 0.6) is 0 Å². The SMILES string of the molecule is O=C(O[N+](=O)OC(=O)c1ccccc1)c1ccccc1. The molecule has 0 atom stereocenters. The second-order valence-electron chi connectivity index (χ2n) is 3.71. The Hall–Kier alpha value is -3.02. The van der Waals surface area contributed by atoms with Crippen LogP contribution in [0, 0.1) is 4.91 Å². The highest BCUT2D eigenvalue weighted by atomic mass is 17.0. The molecule has 0 aliphatic heterocycles. The molecule has 0 bridgehead atoms. The van der Waals surface area contributed by atoms with Crippen LogP contribution in [0.1, 0.15) is 20.7 Å². The Morgan fingerprint density at radius 2 is 1.05 bits per heavy atom. The maximum atomic E-state index is 11.5. The van der Waals surface area contributed by atoms with Gasteiger partial charge in [0.15, 0.2) is 0 Å². The Balaban J connectivity index is 1.93. The van der Waals surface area contributed by atoms with Crippen LogP contribution in [-0.2, 0) is 9.68 Å². The van der Waals surface area contributed by atoms with E-state index in [1.165, 1.54) is 24.3 Å². The number of carbonyl (C=O) groups excluding carboxylic acids is 2. The van der Waals surface area contributed by atoms with Gasteiger partial charge in [0.1, 0.15) is 4.91 Å². The number of hydrogen-bond donors (Lipinski definition) is 0. The third-order valence-electron chi connectivity index (χ3n) is 2.33. The fraction of sp³-hybridized carbons (Fsp3) is 0. The summed E-state index contributed by atoms with van der Waals surface area (Å²) in [4.78, 5) is 42.9. The minimum absolute atomic E-state index is 0.170. The molecule has 100 valence electrons. The van der Waals surface area contributed by atoms with Crippen LogP contribution in [-0.4, -0.2) is 17.0 Å². The lowest BCUT2D eigenvalue weighted by Gasteiger charge is -1.94. The summed E-state index contributed by atoms with van der Waals surface area (Å²) >= 11 is 0. The minimum atomic E-state index is -0.915. The van der Waals surface area contributed by atoms with Crippen molar-refractivity contribution in [2.24, 2.45) is 0 Å². The summed E-state index contributed by atoms with van der Waals surface area (Å²) in [7, 11) is 0. The van der Waals surface area contributed by atoms with Crippen molar-refractivity contribution >= 4 is 11.9 Å². The van der Waals surface area contributed by atoms with Crippen LogP contribution in [0.3, 0.4) is 0 Å². The van der Waals surface area contributed by atoms with E-state index < -0.39 is 17.0 Å².